The Kier molecular flexibility index (Phi) is 4.77. The SMILES string of the molecule is Cc1ccc(N2C(=S)NC(c3ccccn3)C2c2cccn2-c2cccnc2)cc1. The van der Waals surface area contributed by atoms with E-state index in [1.165, 1.54) is 5.56 Å². The highest BCUT2D eigenvalue weighted by atomic mass is 32.1. The van der Waals surface area contributed by atoms with E-state index in [4.69, 9.17) is 12.2 Å². The van der Waals surface area contributed by atoms with Crippen molar-refractivity contribution in [3.63, 3.8) is 0 Å². The average molecular weight is 412 g/mol. The number of aryl methyl sites for hydroxylation is 1. The number of rotatable bonds is 4. The van der Waals surface area contributed by atoms with Crippen LogP contribution in [0.2, 0.25) is 0 Å². The van der Waals surface area contributed by atoms with Gasteiger partial charge in [-0.15, -0.1) is 0 Å². The maximum Gasteiger partial charge on any atom is 0.174 e. The largest absolute Gasteiger partial charge is 0.351 e. The molecule has 4 aromatic rings. The molecule has 1 fully saturated rings. The van der Waals surface area contributed by atoms with Gasteiger partial charge in [-0.05, 0) is 67.7 Å². The summed E-state index contributed by atoms with van der Waals surface area (Å²) in [5, 5.41) is 4.21. The molecule has 0 saturated carbocycles. The zero-order valence-electron chi connectivity index (χ0n) is 16.5. The predicted molar refractivity (Wildman–Crippen MR) is 123 cm³/mol. The molecule has 3 aromatic heterocycles. The number of nitrogens with zero attached hydrogens (tertiary/aromatic N) is 4. The van der Waals surface area contributed by atoms with Crippen LogP contribution in [0.4, 0.5) is 5.69 Å². The van der Waals surface area contributed by atoms with E-state index in [1.54, 1.807) is 6.20 Å². The number of nitrogens with one attached hydrogen (secondary N) is 1. The second-order valence-electron chi connectivity index (χ2n) is 7.35. The lowest BCUT2D eigenvalue weighted by molar-refractivity contribution is 0.549. The van der Waals surface area contributed by atoms with Crippen molar-refractivity contribution in [1.29, 1.82) is 0 Å². The van der Waals surface area contributed by atoms with Crippen molar-refractivity contribution in [1.82, 2.24) is 19.9 Å². The van der Waals surface area contributed by atoms with Crippen molar-refractivity contribution in [2.75, 3.05) is 4.90 Å². The van der Waals surface area contributed by atoms with Crippen LogP contribution in [0.1, 0.15) is 29.0 Å². The fourth-order valence-electron chi connectivity index (χ4n) is 4.01. The van der Waals surface area contributed by atoms with Crippen LogP contribution in [0, 0.1) is 6.92 Å². The van der Waals surface area contributed by atoms with Crippen molar-refractivity contribution >= 4 is 23.0 Å². The van der Waals surface area contributed by atoms with E-state index in [-0.39, 0.29) is 12.1 Å². The van der Waals surface area contributed by atoms with Crippen molar-refractivity contribution in [3.8, 4) is 5.69 Å². The lowest BCUT2D eigenvalue weighted by atomic mass is 10.0. The summed E-state index contributed by atoms with van der Waals surface area (Å²) in [5.41, 5.74) is 5.36. The highest BCUT2D eigenvalue weighted by Crippen LogP contribution is 2.42. The zero-order chi connectivity index (χ0) is 20.5. The van der Waals surface area contributed by atoms with Crippen LogP contribution in [-0.4, -0.2) is 19.6 Å². The fourth-order valence-corrected chi connectivity index (χ4v) is 4.35. The van der Waals surface area contributed by atoms with Crippen LogP contribution >= 0.6 is 12.2 Å². The van der Waals surface area contributed by atoms with Gasteiger partial charge in [0.2, 0.25) is 0 Å². The Morgan fingerprint density at radius 1 is 0.900 bits per heavy atom. The number of aromatic nitrogens is 3. The molecule has 0 amide bonds. The average Bonchev–Trinajstić information content (AvgIpc) is 3.40. The Bertz CT molecular complexity index is 1160. The summed E-state index contributed by atoms with van der Waals surface area (Å²) in [6, 6.07) is 22.5. The maximum atomic E-state index is 5.81. The summed E-state index contributed by atoms with van der Waals surface area (Å²) < 4.78 is 2.17. The molecule has 30 heavy (non-hydrogen) atoms. The van der Waals surface area contributed by atoms with E-state index in [9.17, 15) is 0 Å². The van der Waals surface area contributed by atoms with Gasteiger partial charge in [-0.1, -0.05) is 23.8 Å². The van der Waals surface area contributed by atoms with E-state index in [1.807, 2.05) is 36.7 Å². The molecule has 2 unspecified atom stereocenters. The zero-order valence-corrected chi connectivity index (χ0v) is 17.3. The van der Waals surface area contributed by atoms with Crippen molar-refractivity contribution in [2.45, 2.75) is 19.0 Å². The standard InChI is InChI=1S/C24H21N5S/c1-17-9-11-18(12-10-17)29-23(22(27-24(29)30)20-7-2-3-14-26-20)21-8-5-15-28(21)19-6-4-13-25-16-19/h2-16,22-23H,1H3,(H,27,30). The Morgan fingerprint density at radius 2 is 1.77 bits per heavy atom. The van der Waals surface area contributed by atoms with Gasteiger partial charge in [-0.3, -0.25) is 9.97 Å². The summed E-state index contributed by atoms with van der Waals surface area (Å²) in [5.74, 6) is 0. The number of hydrogen-bond donors (Lipinski definition) is 1. The third-order valence-electron chi connectivity index (χ3n) is 5.42. The predicted octanol–water partition coefficient (Wildman–Crippen LogP) is 4.75. The van der Waals surface area contributed by atoms with Crippen LogP contribution in [0.3, 0.4) is 0 Å². The molecular formula is C24H21N5S. The number of hydrogen-bond acceptors (Lipinski definition) is 3. The third-order valence-corrected chi connectivity index (χ3v) is 5.73. The van der Waals surface area contributed by atoms with Crippen LogP contribution in [0.5, 0.6) is 0 Å². The Balaban J connectivity index is 1.67. The van der Waals surface area contributed by atoms with Crippen molar-refractivity contribution in [2.24, 2.45) is 0 Å². The second-order valence-corrected chi connectivity index (χ2v) is 7.73. The Hall–Kier alpha value is -3.51. The van der Waals surface area contributed by atoms with Gasteiger partial charge in [0.15, 0.2) is 5.11 Å². The molecule has 0 aliphatic carbocycles. The second kappa shape index (κ2) is 7.72. The van der Waals surface area contributed by atoms with Crippen LogP contribution in [0.15, 0.2) is 91.5 Å². The maximum absolute atomic E-state index is 5.81. The molecule has 1 N–H and O–H groups in total. The van der Waals surface area contributed by atoms with E-state index in [0.29, 0.717) is 5.11 Å². The molecule has 2 atom stereocenters. The molecule has 0 radical (unpaired) electrons. The molecule has 0 spiro atoms. The van der Waals surface area contributed by atoms with Gasteiger partial charge in [0.05, 0.1) is 23.6 Å². The van der Waals surface area contributed by atoms with Crippen LogP contribution in [-0.2, 0) is 0 Å². The number of thiocarbonyl (C=S) groups is 1. The third kappa shape index (κ3) is 3.25. The quantitative estimate of drug-likeness (QED) is 0.491. The summed E-state index contributed by atoms with van der Waals surface area (Å²) in [4.78, 5) is 11.1. The van der Waals surface area contributed by atoms with Gasteiger partial charge in [0.1, 0.15) is 6.04 Å². The summed E-state index contributed by atoms with van der Waals surface area (Å²) in [6.45, 7) is 2.09. The first-order chi connectivity index (χ1) is 14.7. The first kappa shape index (κ1) is 18.5. The van der Waals surface area contributed by atoms with Crippen LogP contribution in [0.25, 0.3) is 5.69 Å². The smallest absolute Gasteiger partial charge is 0.174 e. The number of benzene rings is 1. The fraction of sp³-hybridized carbons (Fsp3) is 0.125. The Labute approximate surface area is 181 Å². The van der Waals surface area contributed by atoms with Gasteiger partial charge in [0, 0.05) is 30.0 Å². The monoisotopic (exact) mass is 411 g/mol. The van der Waals surface area contributed by atoms with Gasteiger partial charge in [-0.2, -0.15) is 0 Å². The van der Waals surface area contributed by atoms with E-state index in [0.717, 1.165) is 22.8 Å². The van der Waals surface area contributed by atoms with Gasteiger partial charge < -0.3 is 14.8 Å². The highest BCUT2D eigenvalue weighted by Gasteiger charge is 2.42. The summed E-state index contributed by atoms with van der Waals surface area (Å²) in [6.07, 6.45) is 7.55. The first-order valence-corrected chi connectivity index (χ1v) is 10.3. The van der Waals surface area contributed by atoms with Crippen molar-refractivity contribution in [3.05, 3.63) is 108 Å². The molecule has 6 heteroatoms. The molecule has 1 aliphatic heterocycles. The minimum absolute atomic E-state index is 0.0645. The molecule has 148 valence electrons. The van der Waals surface area contributed by atoms with E-state index < -0.39 is 0 Å². The van der Waals surface area contributed by atoms with Gasteiger partial charge in [0.25, 0.3) is 0 Å². The van der Waals surface area contributed by atoms with Crippen LogP contribution < -0.4 is 10.2 Å². The molecule has 5 nitrogen and oxygen atoms in total. The topological polar surface area (TPSA) is 46.0 Å². The van der Waals surface area contributed by atoms with Gasteiger partial charge >= 0.3 is 0 Å². The Morgan fingerprint density at radius 3 is 2.50 bits per heavy atom. The molecule has 5 rings (SSSR count). The highest BCUT2D eigenvalue weighted by molar-refractivity contribution is 7.80. The summed E-state index contributed by atoms with van der Waals surface area (Å²) >= 11 is 5.81. The van der Waals surface area contributed by atoms with Gasteiger partial charge in [-0.25, -0.2) is 0 Å². The summed E-state index contributed by atoms with van der Waals surface area (Å²) in [7, 11) is 0. The van der Waals surface area contributed by atoms with Crippen molar-refractivity contribution < 1.29 is 0 Å². The molecule has 4 heterocycles. The molecule has 1 saturated heterocycles. The number of anilines is 1. The van der Waals surface area contributed by atoms with E-state index >= 15 is 0 Å². The lowest BCUT2D eigenvalue weighted by Gasteiger charge is -2.29. The molecule has 1 aromatic carbocycles. The molecule has 0 bridgehead atoms. The van der Waals surface area contributed by atoms with E-state index in [2.05, 4.69) is 80.3 Å². The normalized spacial score (nSPS) is 18.4. The number of pyridine rings is 2. The lowest BCUT2D eigenvalue weighted by Crippen LogP contribution is -2.30. The minimum atomic E-state index is -0.0784. The molecular weight excluding hydrogens is 390 g/mol. The molecule has 1 aliphatic rings. The minimum Gasteiger partial charge on any atom is -0.351 e. The first-order valence-electron chi connectivity index (χ1n) is 9.87.